The van der Waals surface area contributed by atoms with Crippen LogP contribution in [0.5, 0.6) is 34.5 Å². The molecule has 0 fully saturated rings. The van der Waals surface area contributed by atoms with Gasteiger partial charge in [0.25, 0.3) is 0 Å². The molecule has 5 rings (SSSR count). The third kappa shape index (κ3) is 27.9. The van der Waals surface area contributed by atoms with E-state index < -0.39 is 23.9 Å². The van der Waals surface area contributed by atoms with Gasteiger partial charge in [-0.15, -0.1) is 0 Å². The highest BCUT2D eigenvalue weighted by atomic mass is 35.5. The number of carbonyl (C=O) groups excluding carboxylic acids is 4. The van der Waals surface area contributed by atoms with Crippen molar-refractivity contribution in [3.8, 4) is 34.5 Å². The van der Waals surface area contributed by atoms with Crippen molar-refractivity contribution in [3.05, 3.63) is 143 Å². The Kier molecular flexibility index (Phi) is 33.2. The summed E-state index contributed by atoms with van der Waals surface area (Å²) in [5, 5.41) is 0.107. The standard InChI is InChI=1S/C70H93ClO10/c1-3-5-7-9-11-13-15-17-19-21-23-25-27-29-31-33-53-76-60-43-47-62(48-44-60)78-67(72)56-35-37-58(38-36-56)69(74)80-64-51-52-65(71)66(55-64)81-70(75)59-41-39-57(40-42-59)68(73)79-63-49-45-61(46-50-63)77-54-34-32-30-28-26-24-22-20-18-16-14-12-10-8-6-4-2/h35-52,55H,3-34,53-54H2,1-2H3. The number of benzene rings is 5. The SMILES string of the molecule is CCCCCCCCCCCCCCCCCCOc1ccc(OC(=O)c2ccc(C(=O)Oc3ccc(Cl)c(OC(=O)c4ccc(C(=O)Oc5ccc(OCCCCCCCCCCCCCCCCCC)cc5)cc4)c3)cc2)cc1. The van der Waals surface area contributed by atoms with E-state index in [0.29, 0.717) is 30.5 Å². The number of ether oxygens (including phenoxy) is 6. The highest BCUT2D eigenvalue weighted by molar-refractivity contribution is 6.32. The Bertz CT molecular complexity index is 2510. The molecule has 0 aliphatic rings. The summed E-state index contributed by atoms with van der Waals surface area (Å²) >= 11 is 6.37. The summed E-state index contributed by atoms with van der Waals surface area (Å²) in [6.45, 7) is 5.83. The number of esters is 4. The minimum Gasteiger partial charge on any atom is -0.494 e. The largest absolute Gasteiger partial charge is 0.494 e. The van der Waals surface area contributed by atoms with Crippen LogP contribution >= 0.6 is 11.6 Å². The lowest BCUT2D eigenvalue weighted by atomic mass is 10.0. The second-order valence-electron chi connectivity index (χ2n) is 21.6. The normalized spacial score (nSPS) is 11.0. The summed E-state index contributed by atoms with van der Waals surface area (Å²) in [5.41, 5.74) is 0.799. The van der Waals surface area contributed by atoms with Crippen LogP contribution in [0.15, 0.2) is 115 Å². The smallest absolute Gasteiger partial charge is 0.343 e. The van der Waals surface area contributed by atoms with E-state index in [0.717, 1.165) is 31.4 Å². The molecule has 0 spiro atoms. The van der Waals surface area contributed by atoms with Gasteiger partial charge in [-0.25, -0.2) is 19.2 Å². The maximum atomic E-state index is 13.2. The number of hydrogen-bond donors (Lipinski definition) is 0. The molecule has 5 aromatic rings. The van der Waals surface area contributed by atoms with Crippen LogP contribution in [0.3, 0.4) is 0 Å². The average molecular weight is 1130 g/mol. The molecular formula is C70H93ClO10. The van der Waals surface area contributed by atoms with Crippen LogP contribution in [-0.2, 0) is 0 Å². The molecule has 0 radical (unpaired) electrons. The van der Waals surface area contributed by atoms with Crippen LogP contribution in [0, 0.1) is 0 Å². The first-order valence-corrected chi connectivity index (χ1v) is 31.4. The quantitative estimate of drug-likeness (QED) is 0.0212. The third-order valence-corrected chi connectivity index (χ3v) is 14.9. The Hall–Kier alpha value is -6.13. The van der Waals surface area contributed by atoms with E-state index in [4.69, 9.17) is 40.0 Å². The van der Waals surface area contributed by atoms with E-state index in [9.17, 15) is 19.2 Å². The Morgan fingerprint density at radius 2 is 0.519 bits per heavy atom. The summed E-state index contributed by atoms with van der Waals surface area (Å²) < 4.78 is 34.1. The molecule has 0 aromatic heterocycles. The van der Waals surface area contributed by atoms with Crippen LogP contribution in [0.25, 0.3) is 0 Å². The Morgan fingerprint density at radius 3 is 0.815 bits per heavy atom. The van der Waals surface area contributed by atoms with Crippen molar-refractivity contribution < 1.29 is 47.6 Å². The molecule has 0 heterocycles. The van der Waals surface area contributed by atoms with Crippen molar-refractivity contribution in [2.45, 2.75) is 219 Å². The fourth-order valence-electron chi connectivity index (χ4n) is 9.66. The summed E-state index contributed by atoms with van der Waals surface area (Å²) in [6, 6.07) is 29.8. The van der Waals surface area contributed by atoms with Gasteiger partial charge in [0.1, 0.15) is 28.7 Å². The molecule has 11 heteroatoms. The molecule has 0 saturated carbocycles. The lowest BCUT2D eigenvalue weighted by molar-refractivity contribution is 0.0714. The first-order valence-electron chi connectivity index (χ1n) is 31.1. The summed E-state index contributed by atoms with van der Waals surface area (Å²) in [6.07, 6.45) is 42.4. The molecule has 0 amide bonds. The Balaban J connectivity index is 0.917. The number of rotatable bonds is 44. The van der Waals surface area contributed by atoms with Crippen molar-refractivity contribution in [2.24, 2.45) is 0 Å². The lowest BCUT2D eigenvalue weighted by Crippen LogP contribution is -2.12. The zero-order valence-electron chi connectivity index (χ0n) is 49.0. The van der Waals surface area contributed by atoms with Crippen molar-refractivity contribution in [1.82, 2.24) is 0 Å². The Labute approximate surface area is 490 Å². The van der Waals surface area contributed by atoms with Crippen molar-refractivity contribution in [3.63, 3.8) is 0 Å². The van der Waals surface area contributed by atoms with Crippen LogP contribution < -0.4 is 28.4 Å². The number of halogens is 1. The fourth-order valence-corrected chi connectivity index (χ4v) is 9.81. The van der Waals surface area contributed by atoms with Crippen LogP contribution in [-0.4, -0.2) is 37.1 Å². The second kappa shape index (κ2) is 41.0. The molecule has 0 bridgehead atoms. The van der Waals surface area contributed by atoms with Gasteiger partial charge in [0.05, 0.1) is 40.5 Å². The van der Waals surface area contributed by atoms with Gasteiger partial charge < -0.3 is 28.4 Å². The minimum absolute atomic E-state index is 0.0407. The van der Waals surface area contributed by atoms with Gasteiger partial charge in [0.2, 0.25) is 0 Å². The van der Waals surface area contributed by atoms with Crippen molar-refractivity contribution >= 4 is 35.5 Å². The number of unbranched alkanes of at least 4 members (excludes halogenated alkanes) is 30. The van der Waals surface area contributed by atoms with E-state index in [-0.39, 0.29) is 38.8 Å². The molecular weight excluding hydrogens is 1040 g/mol. The highest BCUT2D eigenvalue weighted by Gasteiger charge is 2.18. The van der Waals surface area contributed by atoms with Gasteiger partial charge in [-0.2, -0.15) is 0 Å². The first-order chi connectivity index (χ1) is 39.7. The lowest BCUT2D eigenvalue weighted by Gasteiger charge is -2.10. The number of carbonyl (C=O) groups is 4. The second-order valence-corrected chi connectivity index (χ2v) is 22.0. The average Bonchev–Trinajstić information content (AvgIpc) is 3.51. The minimum atomic E-state index is -0.747. The zero-order valence-corrected chi connectivity index (χ0v) is 49.7. The molecule has 81 heavy (non-hydrogen) atoms. The number of hydrogen-bond acceptors (Lipinski definition) is 10. The maximum absolute atomic E-state index is 13.2. The van der Waals surface area contributed by atoms with Crippen molar-refractivity contribution in [2.75, 3.05) is 13.2 Å². The predicted octanol–water partition coefficient (Wildman–Crippen LogP) is 20.5. The molecule has 0 atom stereocenters. The van der Waals surface area contributed by atoms with Crippen LogP contribution in [0.1, 0.15) is 261 Å². The molecule has 0 N–H and O–H groups in total. The van der Waals surface area contributed by atoms with Gasteiger partial charge in [-0.05, 0) is 122 Å². The zero-order chi connectivity index (χ0) is 57.4. The summed E-state index contributed by atoms with van der Waals surface area (Å²) in [4.78, 5) is 52.2. The van der Waals surface area contributed by atoms with Gasteiger partial charge in [-0.3, -0.25) is 0 Å². The third-order valence-electron chi connectivity index (χ3n) is 14.6. The van der Waals surface area contributed by atoms with Crippen LogP contribution in [0.4, 0.5) is 0 Å². The maximum Gasteiger partial charge on any atom is 0.343 e. The summed E-state index contributed by atoms with van der Waals surface area (Å²) in [7, 11) is 0. The fraction of sp³-hybridized carbons (Fsp3) is 0.514. The summed E-state index contributed by atoms with van der Waals surface area (Å²) in [5.74, 6) is -0.440. The Morgan fingerprint density at radius 1 is 0.284 bits per heavy atom. The van der Waals surface area contributed by atoms with E-state index >= 15 is 0 Å². The van der Waals surface area contributed by atoms with E-state index in [1.54, 1.807) is 48.5 Å². The molecule has 0 aliphatic heterocycles. The molecule has 440 valence electrons. The topological polar surface area (TPSA) is 124 Å². The van der Waals surface area contributed by atoms with Gasteiger partial charge in [0.15, 0.2) is 5.75 Å². The molecule has 0 unspecified atom stereocenters. The van der Waals surface area contributed by atoms with Gasteiger partial charge in [-0.1, -0.05) is 218 Å². The predicted molar refractivity (Wildman–Crippen MR) is 327 cm³/mol. The van der Waals surface area contributed by atoms with Gasteiger partial charge in [0, 0.05) is 6.07 Å². The monoisotopic (exact) mass is 1130 g/mol. The first kappa shape index (κ1) is 65.7. The molecule has 5 aromatic carbocycles. The van der Waals surface area contributed by atoms with Gasteiger partial charge >= 0.3 is 23.9 Å². The van der Waals surface area contributed by atoms with E-state index in [1.807, 2.05) is 0 Å². The van der Waals surface area contributed by atoms with E-state index in [1.165, 1.54) is 247 Å². The molecule has 10 nitrogen and oxygen atoms in total. The van der Waals surface area contributed by atoms with Crippen molar-refractivity contribution in [1.29, 1.82) is 0 Å². The van der Waals surface area contributed by atoms with E-state index in [2.05, 4.69) is 13.8 Å². The van der Waals surface area contributed by atoms with Crippen LogP contribution in [0.2, 0.25) is 5.02 Å². The molecule has 0 aliphatic carbocycles. The highest BCUT2D eigenvalue weighted by Crippen LogP contribution is 2.31. The molecule has 0 saturated heterocycles.